The Balaban J connectivity index is 2.67. The second-order valence-electron chi connectivity index (χ2n) is 4.98. The van der Waals surface area contributed by atoms with Gasteiger partial charge in [0, 0.05) is 11.7 Å². The van der Waals surface area contributed by atoms with Crippen molar-refractivity contribution in [1.82, 2.24) is 15.3 Å². The summed E-state index contributed by atoms with van der Waals surface area (Å²) in [7, 11) is 0. The Morgan fingerprint density at radius 2 is 2.17 bits per heavy atom. The lowest BCUT2D eigenvalue weighted by Crippen LogP contribution is -2.47. The van der Waals surface area contributed by atoms with Gasteiger partial charge in [-0.25, -0.2) is 9.97 Å². The number of hydrogen-bond acceptors (Lipinski definition) is 5. The maximum atomic E-state index is 11.8. The lowest BCUT2D eigenvalue weighted by atomic mass is 10.1. The molecule has 0 aliphatic rings. The lowest BCUT2D eigenvalue weighted by Gasteiger charge is -2.23. The molecule has 0 saturated heterocycles. The smallest absolute Gasteiger partial charge is 0.242 e. The Hall–Kier alpha value is -2.16. The van der Waals surface area contributed by atoms with Gasteiger partial charge in [-0.3, -0.25) is 4.79 Å². The summed E-state index contributed by atoms with van der Waals surface area (Å²) >= 11 is 0. The van der Waals surface area contributed by atoms with Crippen molar-refractivity contribution in [3.8, 4) is 6.07 Å². The summed E-state index contributed by atoms with van der Waals surface area (Å²) in [6.07, 6.45) is 1.47. The number of amides is 1. The van der Waals surface area contributed by atoms with Crippen LogP contribution >= 0.6 is 0 Å². The van der Waals surface area contributed by atoms with Crippen LogP contribution in [0.25, 0.3) is 0 Å². The Kier molecular flexibility index (Phi) is 4.21. The van der Waals surface area contributed by atoms with E-state index < -0.39 is 6.04 Å². The van der Waals surface area contributed by atoms with Crippen molar-refractivity contribution in [3.63, 3.8) is 0 Å². The fourth-order valence-corrected chi connectivity index (χ4v) is 1.23. The Bertz CT molecular complexity index is 472. The van der Waals surface area contributed by atoms with Gasteiger partial charge in [0.2, 0.25) is 11.9 Å². The lowest BCUT2D eigenvalue weighted by molar-refractivity contribution is -0.122. The van der Waals surface area contributed by atoms with Crippen LogP contribution in [0.5, 0.6) is 0 Å². The van der Waals surface area contributed by atoms with Gasteiger partial charge in [0.05, 0.1) is 0 Å². The van der Waals surface area contributed by atoms with Crippen molar-refractivity contribution >= 4 is 11.9 Å². The molecule has 6 nitrogen and oxygen atoms in total. The molecular weight excluding hydrogens is 230 g/mol. The van der Waals surface area contributed by atoms with Crippen molar-refractivity contribution in [2.45, 2.75) is 39.3 Å². The number of hydrogen-bond donors (Lipinski definition) is 2. The van der Waals surface area contributed by atoms with Crippen LogP contribution in [0.4, 0.5) is 5.95 Å². The number of carbonyl (C=O) groups excluding carboxylic acids is 1. The van der Waals surface area contributed by atoms with Crippen LogP contribution in [0.15, 0.2) is 12.3 Å². The predicted octanol–water partition coefficient (Wildman–Crippen LogP) is 1.06. The molecule has 0 aromatic carbocycles. The molecule has 0 saturated carbocycles. The molecule has 1 rings (SSSR count). The van der Waals surface area contributed by atoms with Crippen molar-refractivity contribution in [3.05, 3.63) is 18.0 Å². The molecule has 0 spiro atoms. The van der Waals surface area contributed by atoms with E-state index in [2.05, 4.69) is 20.6 Å². The molecule has 1 amide bonds. The van der Waals surface area contributed by atoms with Gasteiger partial charge in [0.15, 0.2) is 0 Å². The molecular formula is C12H17N5O. The summed E-state index contributed by atoms with van der Waals surface area (Å²) in [6, 6.07) is 2.95. The highest BCUT2D eigenvalue weighted by molar-refractivity contribution is 5.84. The quantitative estimate of drug-likeness (QED) is 0.833. The summed E-state index contributed by atoms with van der Waals surface area (Å²) < 4.78 is 0. The predicted molar refractivity (Wildman–Crippen MR) is 67.7 cm³/mol. The third kappa shape index (κ3) is 4.37. The minimum atomic E-state index is -0.474. The van der Waals surface area contributed by atoms with Crippen molar-refractivity contribution in [2.75, 3.05) is 5.32 Å². The first kappa shape index (κ1) is 13.9. The van der Waals surface area contributed by atoms with Gasteiger partial charge in [-0.05, 0) is 33.8 Å². The summed E-state index contributed by atoms with van der Waals surface area (Å²) in [5.74, 6) is 0.124. The second-order valence-corrected chi connectivity index (χ2v) is 4.98. The molecule has 1 heterocycles. The van der Waals surface area contributed by atoms with Gasteiger partial charge in [-0.1, -0.05) is 0 Å². The minimum absolute atomic E-state index is 0.145. The maximum absolute atomic E-state index is 11.8. The number of aromatic nitrogens is 2. The van der Waals surface area contributed by atoms with Crippen LogP contribution in [-0.2, 0) is 4.79 Å². The van der Waals surface area contributed by atoms with Crippen LogP contribution in [-0.4, -0.2) is 27.5 Å². The summed E-state index contributed by atoms with van der Waals surface area (Å²) in [4.78, 5) is 19.7. The minimum Gasteiger partial charge on any atom is -0.350 e. The van der Waals surface area contributed by atoms with Crippen molar-refractivity contribution in [2.24, 2.45) is 0 Å². The summed E-state index contributed by atoms with van der Waals surface area (Å²) in [6.45, 7) is 7.43. The van der Waals surface area contributed by atoms with Crippen LogP contribution < -0.4 is 10.6 Å². The van der Waals surface area contributed by atoms with Crippen molar-refractivity contribution < 1.29 is 4.79 Å². The first-order valence-electron chi connectivity index (χ1n) is 5.63. The van der Waals surface area contributed by atoms with E-state index >= 15 is 0 Å². The molecule has 0 bridgehead atoms. The zero-order valence-electron chi connectivity index (χ0n) is 11.0. The fourth-order valence-electron chi connectivity index (χ4n) is 1.23. The highest BCUT2D eigenvalue weighted by Gasteiger charge is 2.19. The van der Waals surface area contributed by atoms with Crippen LogP contribution in [0.1, 0.15) is 33.4 Å². The number of nitrogens with one attached hydrogen (secondary N) is 2. The van der Waals surface area contributed by atoms with Crippen molar-refractivity contribution in [1.29, 1.82) is 5.26 Å². The standard InChI is InChI=1S/C12H17N5O/c1-8(10(18)17-12(2,3)4)15-11-14-6-5-9(7-13)16-11/h5-6,8H,1-4H3,(H,17,18)(H,14,15,16). The van der Waals surface area contributed by atoms with Gasteiger partial charge >= 0.3 is 0 Å². The molecule has 0 radical (unpaired) electrons. The molecule has 2 N–H and O–H groups in total. The van der Waals surface area contributed by atoms with Gasteiger partial charge in [0.1, 0.15) is 17.8 Å². The largest absolute Gasteiger partial charge is 0.350 e. The average Bonchev–Trinajstić information content (AvgIpc) is 2.27. The maximum Gasteiger partial charge on any atom is 0.242 e. The number of nitrogens with zero attached hydrogens (tertiary/aromatic N) is 3. The monoisotopic (exact) mass is 247 g/mol. The molecule has 1 aromatic heterocycles. The van der Waals surface area contributed by atoms with Crippen LogP contribution in [0.3, 0.4) is 0 Å². The highest BCUT2D eigenvalue weighted by atomic mass is 16.2. The van der Waals surface area contributed by atoms with Crippen LogP contribution in [0.2, 0.25) is 0 Å². The van der Waals surface area contributed by atoms with E-state index in [-0.39, 0.29) is 23.1 Å². The zero-order chi connectivity index (χ0) is 13.8. The first-order chi connectivity index (χ1) is 8.31. The molecule has 1 aromatic rings. The first-order valence-corrected chi connectivity index (χ1v) is 5.63. The molecule has 0 aliphatic heterocycles. The molecule has 96 valence electrons. The SMILES string of the molecule is CC(Nc1nccc(C#N)n1)C(=O)NC(C)(C)C. The number of anilines is 1. The highest BCUT2D eigenvalue weighted by Crippen LogP contribution is 2.04. The van der Waals surface area contributed by atoms with E-state index in [4.69, 9.17) is 5.26 Å². The topological polar surface area (TPSA) is 90.7 Å². The molecule has 6 heteroatoms. The Morgan fingerprint density at radius 1 is 1.50 bits per heavy atom. The molecule has 1 unspecified atom stereocenters. The van der Waals surface area contributed by atoms with Gasteiger partial charge < -0.3 is 10.6 Å². The normalized spacial score (nSPS) is 12.4. The summed E-state index contributed by atoms with van der Waals surface area (Å²) in [5, 5.41) is 14.4. The third-order valence-corrected chi connectivity index (χ3v) is 2.01. The van der Waals surface area contributed by atoms with E-state index in [0.29, 0.717) is 0 Å². The zero-order valence-corrected chi connectivity index (χ0v) is 11.0. The summed E-state index contributed by atoms with van der Waals surface area (Å²) in [5.41, 5.74) is -0.0292. The van der Waals surface area contributed by atoms with E-state index in [1.54, 1.807) is 6.92 Å². The van der Waals surface area contributed by atoms with E-state index in [9.17, 15) is 4.79 Å². The molecule has 0 fully saturated rings. The van der Waals surface area contributed by atoms with E-state index in [0.717, 1.165) is 0 Å². The van der Waals surface area contributed by atoms with E-state index in [1.807, 2.05) is 26.8 Å². The van der Waals surface area contributed by atoms with Gasteiger partial charge in [-0.15, -0.1) is 0 Å². The van der Waals surface area contributed by atoms with Gasteiger partial charge in [0.25, 0.3) is 0 Å². The van der Waals surface area contributed by atoms with Gasteiger partial charge in [-0.2, -0.15) is 5.26 Å². The second kappa shape index (κ2) is 5.45. The number of rotatable bonds is 3. The third-order valence-electron chi connectivity index (χ3n) is 2.01. The van der Waals surface area contributed by atoms with Crippen LogP contribution in [0, 0.1) is 11.3 Å². The molecule has 18 heavy (non-hydrogen) atoms. The molecule has 0 aliphatic carbocycles. The fraction of sp³-hybridized carbons (Fsp3) is 0.500. The average molecular weight is 247 g/mol. The number of nitriles is 1. The Morgan fingerprint density at radius 3 is 2.72 bits per heavy atom. The van der Waals surface area contributed by atoms with E-state index in [1.165, 1.54) is 12.3 Å². The molecule has 1 atom stereocenters. The Labute approximate surface area is 106 Å². The number of carbonyl (C=O) groups is 1.